The van der Waals surface area contributed by atoms with Gasteiger partial charge in [-0.2, -0.15) is 0 Å². The van der Waals surface area contributed by atoms with Crippen LogP contribution in [-0.4, -0.2) is 87.5 Å². The third-order valence-electron chi connectivity index (χ3n) is 13.0. The van der Waals surface area contributed by atoms with Gasteiger partial charge >= 0.3 is 0 Å². The molecule has 308 valence electrons. The first-order valence-electron chi connectivity index (χ1n) is 20.8. The first-order chi connectivity index (χ1) is 28.6. The second-order valence-electron chi connectivity index (χ2n) is 17.1. The average molecular weight is 806 g/mol. The number of carbonyl (C=O) groups excluding carboxylic acids is 3. The molecule has 4 aromatic rings. The van der Waals surface area contributed by atoms with Crippen molar-refractivity contribution in [3.8, 4) is 16.9 Å². The SMILES string of the molecule is O=C1CCC(Nc2ccc(N3CCC(NC(=O)C4CC5(C4)CN(C4CCC(Nc6ncc(F)c(-c7cccc(-n8ccccc8=O)c7)n6)CC4)C5)CC3)c(F)c2)C(=O)N1. The van der Waals surface area contributed by atoms with E-state index in [1.807, 2.05) is 4.90 Å². The summed E-state index contributed by atoms with van der Waals surface area (Å²) in [5, 5.41) is 12.1. The molecular formula is C44H49F2N9O4. The van der Waals surface area contributed by atoms with E-state index >= 15 is 4.39 Å². The Hall–Kier alpha value is -5.70. The fourth-order valence-corrected chi connectivity index (χ4v) is 9.82. The van der Waals surface area contributed by atoms with Crippen molar-refractivity contribution in [1.29, 1.82) is 0 Å². The average Bonchev–Trinajstić information content (AvgIpc) is 3.20. The molecule has 9 rings (SSSR count). The van der Waals surface area contributed by atoms with Crippen molar-refractivity contribution in [2.24, 2.45) is 11.3 Å². The summed E-state index contributed by atoms with van der Waals surface area (Å²) < 4.78 is 31.7. The van der Waals surface area contributed by atoms with E-state index in [0.29, 0.717) is 54.1 Å². The molecule has 5 heterocycles. The van der Waals surface area contributed by atoms with E-state index in [1.165, 1.54) is 22.9 Å². The number of halogens is 2. The Balaban J connectivity index is 0.691. The minimum Gasteiger partial charge on any atom is -0.374 e. The number of pyridine rings is 1. The van der Waals surface area contributed by atoms with Crippen molar-refractivity contribution in [3.05, 3.63) is 95.0 Å². The maximum absolute atomic E-state index is 15.2. The van der Waals surface area contributed by atoms with Crippen LogP contribution in [0.25, 0.3) is 16.9 Å². The lowest BCUT2D eigenvalue weighted by Crippen LogP contribution is -2.66. The molecule has 2 saturated carbocycles. The van der Waals surface area contributed by atoms with Crippen molar-refractivity contribution in [1.82, 2.24) is 30.1 Å². The van der Waals surface area contributed by atoms with Crippen molar-refractivity contribution in [2.75, 3.05) is 41.7 Å². The Labute approximate surface area is 341 Å². The molecule has 4 N–H and O–H groups in total. The summed E-state index contributed by atoms with van der Waals surface area (Å²) in [7, 11) is 0. The molecule has 3 saturated heterocycles. The lowest BCUT2D eigenvalue weighted by atomic mass is 9.57. The predicted octanol–water partition coefficient (Wildman–Crippen LogP) is 5.01. The van der Waals surface area contributed by atoms with E-state index in [4.69, 9.17) is 0 Å². The second kappa shape index (κ2) is 16.2. The zero-order valence-corrected chi connectivity index (χ0v) is 32.8. The first kappa shape index (κ1) is 38.8. The Morgan fingerprint density at radius 2 is 1.63 bits per heavy atom. The third kappa shape index (κ3) is 8.30. The molecule has 1 unspecified atom stereocenters. The smallest absolute Gasteiger partial charge is 0.255 e. The Kier molecular flexibility index (Phi) is 10.6. The summed E-state index contributed by atoms with van der Waals surface area (Å²) in [6, 6.07) is 17.1. The fourth-order valence-electron chi connectivity index (χ4n) is 9.82. The monoisotopic (exact) mass is 805 g/mol. The Bertz CT molecular complexity index is 2290. The first-order valence-corrected chi connectivity index (χ1v) is 20.8. The number of aromatic nitrogens is 3. The minimum atomic E-state index is -0.573. The molecule has 59 heavy (non-hydrogen) atoms. The zero-order valence-electron chi connectivity index (χ0n) is 32.8. The van der Waals surface area contributed by atoms with E-state index < -0.39 is 17.8 Å². The van der Waals surface area contributed by atoms with Gasteiger partial charge in [0.15, 0.2) is 5.82 Å². The number of hydrogen-bond acceptors (Lipinski definition) is 10. The van der Waals surface area contributed by atoms with Gasteiger partial charge in [0.25, 0.3) is 5.56 Å². The van der Waals surface area contributed by atoms with Gasteiger partial charge in [-0.15, -0.1) is 0 Å². The van der Waals surface area contributed by atoms with Gasteiger partial charge in [0.2, 0.25) is 23.7 Å². The van der Waals surface area contributed by atoms with Crippen molar-refractivity contribution < 1.29 is 23.2 Å². The zero-order chi connectivity index (χ0) is 40.7. The molecule has 2 aromatic heterocycles. The highest BCUT2D eigenvalue weighted by atomic mass is 19.1. The van der Waals surface area contributed by atoms with Gasteiger partial charge in [0.1, 0.15) is 17.6 Å². The molecule has 0 bridgehead atoms. The Morgan fingerprint density at radius 3 is 2.37 bits per heavy atom. The minimum absolute atomic E-state index is 0.0429. The number of rotatable bonds is 10. The number of benzene rings is 2. The molecule has 3 amide bonds. The number of likely N-dealkylation sites (tertiary alicyclic amines) is 1. The predicted molar refractivity (Wildman–Crippen MR) is 219 cm³/mol. The van der Waals surface area contributed by atoms with Crippen molar-refractivity contribution in [2.45, 2.75) is 88.4 Å². The highest BCUT2D eigenvalue weighted by Crippen LogP contribution is 2.53. The lowest BCUT2D eigenvalue weighted by Gasteiger charge is -2.61. The van der Waals surface area contributed by atoms with Crippen LogP contribution in [0, 0.1) is 23.0 Å². The van der Waals surface area contributed by atoms with Crippen LogP contribution in [0.3, 0.4) is 0 Å². The van der Waals surface area contributed by atoms with Crippen LogP contribution in [-0.2, 0) is 14.4 Å². The maximum Gasteiger partial charge on any atom is 0.255 e. The summed E-state index contributed by atoms with van der Waals surface area (Å²) in [5.74, 6) is -1.02. The number of imide groups is 1. The highest BCUT2D eigenvalue weighted by molar-refractivity contribution is 6.01. The molecule has 0 radical (unpaired) electrons. The number of amides is 3. The van der Waals surface area contributed by atoms with Gasteiger partial charge in [-0.3, -0.25) is 34.0 Å². The van der Waals surface area contributed by atoms with Crippen LogP contribution < -0.4 is 31.7 Å². The lowest BCUT2D eigenvalue weighted by molar-refractivity contribution is -0.150. The van der Waals surface area contributed by atoms with Crippen LogP contribution in [0.4, 0.5) is 26.1 Å². The van der Waals surface area contributed by atoms with Crippen molar-refractivity contribution in [3.63, 3.8) is 0 Å². The normalized spacial score (nSPS) is 23.6. The van der Waals surface area contributed by atoms with Gasteiger partial charge in [-0.05, 0) is 99.6 Å². The number of anilines is 3. The summed E-state index contributed by atoms with van der Waals surface area (Å²) in [5.41, 5.74) is 2.44. The summed E-state index contributed by atoms with van der Waals surface area (Å²) >= 11 is 0. The quantitative estimate of drug-likeness (QED) is 0.161. The summed E-state index contributed by atoms with van der Waals surface area (Å²) in [4.78, 5) is 62.5. The largest absolute Gasteiger partial charge is 0.374 e. The number of nitrogens with one attached hydrogen (secondary N) is 4. The molecule has 2 aliphatic carbocycles. The molecule has 1 spiro atoms. The molecule has 1 atom stereocenters. The molecule has 5 fully saturated rings. The number of piperidine rings is 2. The van der Waals surface area contributed by atoms with Crippen LogP contribution >= 0.6 is 0 Å². The third-order valence-corrected chi connectivity index (χ3v) is 13.0. The maximum atomic E-state index is 15.2. The Morgan fingerprint density at radius 1 is 0.831 bits per heavy atom. The van der Waals surface area contributed by atoms with Crippen molar-refractivity contribution >= 4 is 35.0 Å². The molecule has 2 aromatic carbocycles. The topological polar surface area (TPSA) is 154 Å². The molecule has 3 aliphatic heterocycles. The van der Waals surface area contributed by atoms with Crippen LogP contribution in [0.2, 0.25) is 0 Å². The van der Waals surface area contributed by atoms with E-state index in [9.17, 15) is 23.6 Å². The fraction of sp³-hybridized carbons (Fsp3) is 0.455. The van der Waals surface area contributed by atoms with Gasteiger partial charge in [0.05, 0.1) is 11.9 Å². The molecular weight excluding hydrogens is 757 g/mol. The number of carbonyl (C=O) groups is 3. The van der Waals surface area contributed by atoms with E-state index in [0.717, 1.165) is 64.5 Å². The van der Waals surface area contributed by atoms with E-state index in [1.54, 1.807) is 54.7 Å². The summed E-state index contributed by atoms with van der Waals surface area (Å²) in [6.07, 6.45) is 10.8. The number of nitrogens with zero attached hydrogens (tertiary/aromatic N) is 5. The van der Waals surface area contributed by atoms with Gasteiger partial charge < -0.3 is 20.9 Å². The molecule has 15 heteroatoms. The van der Waals surface area contributed by atoms with E-state index in [2.05, 4.69) is 36.1 Å². The van der Waals surface area contributed by atoms with Crippen LogP contribution in [0.5, 0.6) is 0 Å². The molecule has 13 nitrogen and oxygen atoms in total. The van der Waals surface area contributed by atoms with E-state index in [-0.39, 0.29) is 58.7 Å². The number of hydrogen-bond donors (Lipinski definition) is 4. The molecule has 5 aliphatic rings. The van der Waals surface area contributed by atoms with Crippen LogP contribution in [0.1, 0.15) is 64.2 Å². The van der Waals surface area contributed by atoms with Gasteiger partial charge in [-0.1, -0.05) is 18.2 Å². The standard InChI is InChI=1S/C44H49F2N9O4/c45-34-21-31(48-36-12-14-38(56)51-42(36)59)9-13-37(34)53-18-15-30(16-19-53)49-41(58)28-22-44(23-28)25-54(26-44)32-10-7-29(8-11-32)50-43-47-24-35(46)40(52-43)27-4-3-5-33(20-27)55-17-2-1-6-39(55)57/h1-6,9,13,17,20-21,24,28-30,32,36,48H,7-8,10-12,14-16,18-19,22-23,25-26H2,(H,49,58)(H,47,50,52)(H,51,56,59). The van der Waals surface area contributed by atoms with Gasteiger partial charge in [0, 0.05) is 85.8 Å². The summed E-state index contributed by atoms with van der Waals surface area (Å²) in [6.45, 7) is 3.33. The second-order valence-corrected chi connectivity index (χ2v) is 17.1. The van der Waals surface area contributed by atoms with Crippen LogP contribution in [0.15, 0.2) is 77.9 Å². The van der Waals surface area contributed by atoms with Gasteiger partial charge in [-0.25, -0.2) is 18.7 Å². The highest BCUT2D eigenvalue weighted by Gasteiger charge is 2.55.